The van der Waals surface area contributed by atoms with Gasteiger partial charge in [0.25, 0.3) is 6.33 Å². The van der Waals surface area contributed by atoms with Crippen LogP contribution in [0, 0.1) is 27.7 Å². The van der Waals surface area contributed by atoms with Gasteiger partial charge in [-0.15, -0.1) is 0 Å². The van der Waals surface area contributed by atoms with Crippen LogP contribution in [0.2, 0.25) is 0 Å². The highest BCUT2D eigenvalue weighted by atomic mass is 15.0. The van der Waals surface area contributed by atoms with Gasteiger partial charge < -0.3 is 0 Å². The summed E-state index contributed by atoms with van der Waals surface area (Å²) in [6.07, 6.45) is 3.85. The van der Waals surface area contributed by atoms with Gasteiger partial charge in [-0.05, 0) is 68.1 Å². The second-order valence-corrected chi connectivity index (χ2v) is 7.35. The predicted molar refractivity (Wildman–Crippen MR) is 111 cm³/mol. The van der Waals surface area contributed by atoms with Crippen LogP contribution < -0.4 is 4.57 Å². The molecule has 0 atom stereocenters. The molecule has 4 rings (SSSR count). The average Bonchev–Trinajstić information content (AvgIpc) is 2.65. The number of pyridine rings is 1. The van der Waals surface area contributed by atoms with Crippen LogP contribution in [0.3, 0.4) is 0 Å². The van der Waals surface area contributed by atoms with Gasteiger partial charge in [0.15, 0.2) is 5.52 Å². The highest BCUT2D eigenvalue weighted by Crippen LogP contribution is 2.33. The van der Waals surface area contributed by atoms with E-state index in [9.17, 15) is 0 Å². The van der Waals surface area contributed by atoms with Crippen LogP contribution in [0.15, 0.2) is 55.0 Å². The molecule has 2 aromatic carbocycles. The first-order chi connectivity index (χ1) is 13.0. The van der Waals surface area contributed by atoms with E-state index in [4.69, 9.17) is 4.98 Å². The van der Waals surface area contributed by atoms with E-state index in [0.29, 0.717) is 0 Å². The molecule has 0 N–H and O–H groups in total. The Hall–Kier alpha value is -3.07. The average molecular weight is 354 g/mol. The van der Waals surface area contributed by atoms with E-state index >= 15 is 0 Å². The molecule has 0 bridgehead atoms. The van der Waals surface area contributed by atoms with Crippen LogP contribution in [-0.2, 0) is 7.05 Å². The Balaban J connectivity index is 2.05. The zero-order valence-corrected chi connectivity index (χ0v) is 16.5. The molecule has 0 amide bonds. The predicted octanol–water partition coefficient (Wildman–Crippen LogP) is 5.02. The molecule has 0 radical (unpaired) electrons. The first-order valence-corrected chi connectivity index (χ1v) is 9.24. The van der Waals surface area contributed by atoms with E-state index in [-0.39, 0.29) is 0 Å². The molecule has 0 aliphatic heterocycles. The van der Waals surface area contributed by atoms with Gasteiger partial charge in [0.1, 0.15) is 5.69 Å². The minimum absolute atomic E-state index is 1.01. The molecule has 0 spiro atoms. The summed E-state index contributed by atoms with van der Waals surface area (Å²) in [4.78, 5) is 9.24. The highest BCUT2D eigenvalue weighted by Gasteiger charge is 2.20. The Labute approximate surface area is 160 Å². The summed E-state index contributed by atoms with van der Waals surface area (Å²) in [5.41, 5.74) is 10.6. The first-order valence-electron chi connectivity index (χ1n) is 9.24. The first kappa shape index (κ1) is 17.3. The number of hydrogen-bond acceptors (Lipinski definition) is 2. The maximum absolute atomic E-state index is 4.78. The van der Waals surface area contributed by atoms with Crippen molar-refractivity contribution in [1.29, 1.82) is 0 Å². The lowest BCUT2D eigenvalue weighted by Gasteiger charge is -2.13. The fraction of sp³-hybridized carbons (Fsp3) is 0.208. The number of fused-ring (bicyclic) bond motifs is 1. The van der Waals surface area contributed by atoms with Crippen LogP contribution in [0.4, 0.5) is 0 Å². The van der Waals surface area contributed by atoms with Gasteiger partial charge in [-0.25, -0.2) is 4.57 Å². The third-order valence-corrected chi connectivity index (χ3v) is 5.29. The Morgan fingerprint density at radius 2 is 1.67 bits per heavy atom. The van der Waals surface area contributed by atoms with E-state index in [1.807, 2.05) is 25.5 Å². The summed E-state index contributed by atoms with van der Waals surface area (Å²) in [5, 5.41) is 1.16. The van der Waals surface area contributed by atoms with Crippen molar-refractivity contribution in [3.63, 3.8) is 0 Å². The second-order valence-electron chi connectivity index (χ2n) is 7.35. The van der Waals surface area contributed by atoms with Gasteiger partial charge in [-0.1, -0.05) is 23.8 Å². The maximum Gasteiger partial charge on any atom is 0.287 e. The number of hydrogen-bond donors (Lipinski definition) is 0. The third kappa shape index (κ3) is 2.99. The molecule has 134 valence electrons. The molecule has 2 heterocycles. The number of benzene rings is 2. The van der Waals surface area contributed by atoms with E-state index in [1.165, 1.54) is 27.9 Å². The lowest BCUT2D eigenvalue weighted by Crippen LogP contribution is -2.32. The molecule has 3 heteroatoms. The fourth-order valence-electron chi connectivity index (χ4n) is 3.75. The quantitative estimate of drug-likeness (QED) is 0.473. The summed E-state index contributed by atoms with van der Waals surface area (Å²) in [6.45, 7) is 8.54. The lowest BCUT2D eigenvalue weighted by atomic mass is 9.94. The summed E-state index contributed by atoms with van der Waals surface area (Å²) < 4.78 is 2.13. The van der Waals surface area contributed by atoms with Gasteiger partial charge in [-0.3, -0.25) is 4.98 Å². The largest absolute Gasteiger partial charge is 0.287 e. The monoisotopic (exact) mass is 354 g/mol. The Morgan fingerprint density at radius 1 is 0.852 bits per heavy atom. The van der Waals surface area contributed by atoms with Crippen molar-refractivity contribution in [3.05, 3.63) is 77.4 Å². The van der Waals surface area contributed by atoms with Crippen molar-refractivity contribution in [2.45, 2.75) is 27.7 Å². The van der Waals surface area contributed by atoms with Crippen molar-refractivity contribution < 1.29 is 4.57 Å². The molecule has 27 heavy (non-hydrogen) atoms. The van der Waals surface area contributed by atoms with Crippen molar-refractivity contribution in [3.8, 4) is 22.4 Å². The summed E-state index contributed by atoms with van der Waals surface area (Å²) in [7, 11) is 2.07. The van der Waals surface area contributed by atoms with Gasteiger partial charge in [-0.2, -0.15) is 0 Å². The Kier molecular flexibility index (Phi) is 4.23. The van der Waals surface area contributed by atoms with Crippen molar-refractivity contribution in [1.82, 2.24) is 9.97 Å². The minimum Gasteiger partial charge on any atom is -0.261 e. The molecule has 0 saturated heterocycles. The zero-order valence-electron chi connectivity index (χ0n) is 16.5. The van der Waals surface area contributed by atoms with E-state index in [0.717, 1.165) is 27.7 Å². The van der Waals surface area contributed by atoms with Gasteiger partial charge in [0, 0.05) is 28.6 Å². The van der Waals surface area contributed by atoms with Crippen LogP contribution in [0.25, 0.3) is 33.3 Å². The number of para-hydroxylation sites is 1. The van der Waals surface area contributed by atoms with E-state index in [1.54, 1.807) is 0 Å². The number of nitrogens with zero attached hydrogens (tertiary/aromatic N) is 3. The number of aryl methyl sites for hydroxylation is 4. The summed E-state index contributed by atoms with van der Waals surface area (Å²) >= 11 is 0. The van der Waals surface area contributed by atoms with E-state index < -0.39 is 0 Å². The van der Waals surface area contributed by atoms with Crippen molar-refractivity contribution in [2.24, 2.45) is 7.05 Å². The van der Waals surface area contributed by atoms with Gasteiger partial charge in [0.05, 0.1) is 12.4 Å². The van der Waals surface area contributed by atoms with Crippen molar-refractivity contribution in [2.75, 3.05) is 0 Å². The molecule has 0 unspecified atom stereocenters. The van der Waals surface area contributed by atoms with Crippen LogP contribution in [-0.4, -0.2) is 9.97 Å². The van der Waals surface area contributed by atoms with Crippen LogP contribution in [0.5, 0.6) is 0 Å². The molecule has 2 aromatic heterocycles. The molecule has 0 saturated carbocycles. The van der Waals surface area contributed by atoms with Gasteiger partial charge >= 0.3 is 0 Å². The molecular weight excluding hydrogens is 330 g/mol. The van der Waals surface area contributed by atoms with Crippen LogP contribution >= 0.6 is 0 Å². The Morgan fingerprint density at radius 3 is 2.41 bits per heavy atom. The standard InChI is InChI=1S/C24H24N3/c1-15-11-16(2)18(4)22(12-15)24-21-8-6-7-20(23(21)26-14-27(24)5)19-10-9-17(3)25-13-19/h6-14H,1-5H3/q+1. The number of rotatable bonds is 2. The molecular formula is C24H24N3+. The highest BCUT2D eigenvalue weighted by molar-refractivity contribution is 5.99. The Bertz CT molecular complexity index is 1160. The lowest BCUT2D eigenvalue weighted by molar-refractivity contribution is -0.662. The molecule has 0 fully saturated rings. The smallest absolute Gasteiger partial charge is 0.261 e. The molecule has 0 aliphatic carbocycles. The van der Waals surface area contributed by atoms with Crippen molar-refractivity contribution >= 4 is 10.9 Å². The van der Waals surface area contributed by atoms with Crippen LogP contribution in [0.1, 0.15) is 22.4 Å². The SMILES string of the molecule is Cc1cc(C)c(C)c(-c2c3cccc(-c4ccc(C)nc4)c3nc[n+]2C)c1. The van der Waals surface area contributed by atoms with E-state index in [2.05, 4.69) is 73.8 Å². The maximum atomic E-state index is 4.78. The number of aromatic nitrogens is 3. The molecule has 0 aliphatic rings. The minimum atomic E-state index is 1.01. The normalized spacial score (nSPS) is 11.1. The second kappa shape index (κ2) is 6.58. The summed E-state index contributed by atoms with van der Waals surface area (Å²) in [5.74, 6) is 0. The summed E-state index contributed by atoms with van der Waals surface area (Å²) in [6, 6.07) is 15.1. The topological polar surface area (TPSA) is 29.7 Å². The zero-order chi connectivity index (χ0) is 19.1. The molecule has 3 nitrogen and oxygen atoms in total. The third-order valence-electron chi connectivity index (χ3n) is 5.29. The van der Waals surface area contributed by atoms with Gasteiger partial charge in [0.2, 0.25) is 0 Å². The molecule has 4 aromatic rings. The fourth-order valence-corrected chi connectivity index (χ4v) is 3.75.